The van der Waals surface area contributed by atoms with Gasteiger partial charge in [0, 0.05) is 0 Å². The van der Waals surface area contributed by atoms with Gasteiger partial charge in [-0.15, -0.1) is 0 Å². The van der Waals surface area contributed by atoms with Crippen LogP contribution >= 0.6 is 0 Å². The second-order valence-electron chi connectivity index (χ2n) is 0.993. The summed E-state index contributed by atoms with van der Waals surface area (Å²) < 4.78 is 0. The summed E-state index contributed by atoms with van der Waals surface area (Å²) in [6.07, 6.45) is 3.46. The third-order valence-electron chi connectivity index (χ3n) is 0.433. The summed E-state index contributed by atoms with van der Waals surface area (Å²) in [5.74, 6) is 0. The van der Waals surface area contributed by atoms with E-state index < -0.39 is 0 Å². The van der Waals surface area contributed by atoms with Crippen LogP contribution < -0.4 is 0 Å². The fraction of sp³-hybridized carbons (Fsp3) is 0.750. The van der Waals surface area contributed by atoms with Gasteiger partial charge in [-0.1, -0.05) is 13.3 Å². The van der Waals surface area contributed by atoms with Crippen LogP contribution in [0.25, 0.3) is 0 Å². The van der Waals surface area contributed by atoms with Crippen LogP contribution in [-0.2, 0) is 0 Å². The van der Waals surface area contributed by atoms with Gasteiger partial charge in [0.1, 0.15) is 0 Å². The van der Waals surface area contributed by atoms with Gasteiger partial charge < -0.3 is 5.41 Å². The normalized spacial score (nSPS) is 6.17. The molecule has 0 aliphatic heterocycles. The van der Waals surface area contributed by atoms with Gasteiger partial charge in [-0.05, 0) is 12.6 Å². The number of hydrogen-bond acceptors (Lipinski definition) is 1. The number of unbranched alkanes of at least 4 members (excludes halogenated alkanes) is 1. The fourth-order valence-electron chi connectivity index (χ4n) is 0.144. The van der Waals surface area contributed by atoms with E-state index in [0.717, 1.165) is 12.8 Å². The third-order valence-corrected chi connectivity index (χ3v) is 0.433. The molecule has 2 heteroatoms. The Bertz CT molecular complexity index is 28.7. The molecule has 0 amide bonds. The van der Waals surface area contributed by atoms with Crippen LogP contribution in [-0.4, -0.2) is 35.8 Å². The number of nitrogens with one attached hydrogen (secondary N) is 1. The third kappa shape index (κ3) is 8.82. The van der Waals surface area contributed by atoms with Crippen molar-refractivity contribution in [3.8, 4) is 0 Å². The van der Waals surface area contributed by atoms with Crippen molar-refractivity contribution >= 4 is 35.8 Å². The van der Waals surface area contributed by atoms with Gasteiger partial charge in [0.05, 0.1) is 0 Å². The molecule has 0 spiro atoms. The summed E-state index contributed by atoms with van der Waals surface area (Å²) in [5, 5.41) is 6.48. The van der Waals surface area contributed by atoms with Gasteiger partial charge in [0.25, 0.3) is 0 Å². The van der Waals surface area contributed by atoms with Crippen molar-refractivity contribution < 1.29 is 0 Å². The van der Waals surface area contributed by atoms with E-state index in [4.69, 9.17) is 5.41 Å². The SMILES string of the molecule is CCCC=N.[NaH]. The fourth-order valence-corrected chi connectivity index (χ4v) is 0.144. The molecule has 0 saturated carbocycles. The zero-order valence-electron chi connectivity index (χ0n) is 3.49. The molecule has 32 valence electrons. The predicted octanol–water partition coefficient (Wildman–Crippen LogP) is 0.788. The van der Waals surface area contributed by atoms with Crippen LogP contribution in [0.4, 0.5) is 0 Å². The second kappa shape index (κ2) is 9.18. The van der Waals surface area contributed by atoms with Crippen molar-refractivity contribution in [2.75, 3.05) is 0 Å². The Hall–Kier alpha value is 0.670. The maximum atomic E-state index is 6.48. The summed E-state index contributed by atoms with van der Waals surface area (Å²) in [6, 6.07) is 0. The van der Waals surface area contributed by atoms with Crippen LogP contribution in [0.2, 0.25) is 0 Å². The molecule has 0 saturated heterocycles. The second-order valence-corrected chi connectivity index (χ2v) is 0.993. The van der Waals surface area contributed by atoms with E-state index >= 15 is 0 Å². The molecule has 0 radical (unpaired) electrons. The topological polar surface area (TPSA) is 23.9 Å². The molecule has 0 aromatic heterocycles. The van der Waals surface area contributed by atoms with Gasteiger partial charge in [-0.2, -0.15) is 0 Å². The molecule has 0 aromatic rings. The molecular formula is C4H10NNa. The van der Waals surface area contributed by atoms with Gasteiger partial charge in [0.15, 0.2) is 0 Å². The van der Waals surface area contributed by atoms with E-state index in [9.17, 15) is 0 Å². The van der Waals surface area contributed by atoms with Gasteiger partial charge in [0.2, 0.25) is 0 Å². The van der Waals surface area contributed by atoms with Crippen LogP contribution in [0.5, 0.6) is 0 Å². The van der Waals surface area contributed by atoms with Gasteiger partial charge in [-0.3, -0.25) is 0 Å². The van der Waals surface area contributed by atoms with E-state index in [1.54, 1.807) is 0 Å². The molecule has 6 heavy (non-hydrogen) atoms. The molecule has 0 fully saturated rings. The summed E-state index contributed by atoms with van der Waals surface area (Å²) >= 11 is 0. The zero-order valence-corrected chi connectivity index (χ0v) is 3.49. The first-order chi connectivity index (χ1) is 2.41. The quantitative estimate of drug-likeness (QED) is 0.387. The molecule has 0 aliphatic carbocycles. The van der Waals surface area contributed by atoms with Crippen molar-refractivity contribution in [1.82, 2.24) is 0 Å². The molecule has 0 rings (SSSR count). The molecular weight excluding hydrogens is 85.0 g/mol. The van der Waals surface area contributed by atoms with Crippen molar-refractivity contribution in [2.24, 2.45) is 0 Å². The predicted molar refractivity (Wildman–Crippen MR) is 30.8 cm³/mol. The first kappa shape index (κ1) is 9.83. The summed E-state index contributed by atoms with van der Waals surface area (Å²) in [5.41, 5.74) is 0. The Kier molecular flexibility index (Phi) is 15.0. The van der Waals surface area contributed by atoms with Crippen molar-refractivity contribution in [3.05, 3.63) is 0 Å². The maximum absolute atomic E-state index is 6.48. The Labute approximate surface area is 60.9 Å². The van der Waals surface area contributed by atoms with Crippen molar-refractivity contribution in [1.29, 1.82) is 5.41 Å². The van der Waals surface area contributed by atoms with E-state index in [-0.39, 0.29) is 29.6 Å². The van der Waals surface area contributed by atoms with Crippen LogP contribution in [0, 0.1) is 5.41 Å². The van der Waals surface area contributed by atoms with Crippen molar-refractivity contribution in [2.45, 2.75) is 19.8 Å². The number of rotatable bonds is 2. The molecule has 0 aliphatic rings. The van der Waals surface area contributed by atoms with Crippen LogP contribution in [0.15, 0.2) is 0 Å². The van der Waals surface area contributed by atoms with E-state index in [0.29, 0.717) is 0 Å². The average Bonchev–Trinajstić information content (AvgIpc) is 1.41. The molecule has 0 bridgehead atoms. The van der Waals surface area contributed by atoms with Crippen molar-refractivity contribution in [3.63, 3.8) is 0 Å². The zero-order chi connectivity index (χ0) is 4.12. The molecule has 0 unspecified atom stereocenters. The Morgan fingerprint density at radius 3 is 2.17 bits per heavy atom. The summed E-state index contributed by atoms with van der Waals surface area (Å²) in [6.45, 7) is 2.06. The first-order valence-electron chi connectivity index (χ1n) is 1.90. The molecule has 0 heterocycles. The average molecular weight is 95.1 g/mol. The summed E-state index contributed by atoms with van der Waals surface area (Å²) in [7, 11) is 0. The van der Waals surface area contributed by atoms with Gasteiger partial charge in [-0.25, -0.2) is 0 Å². The molecule has 0 aromatic carbocycles. The van der Waals surface area contributed by atoms with Crippen LogP contribution in [0.1, 0.15) is 19.8 Å². The minimum absolute atomic E-state index is 0. The van der Waals surface area contributed by atoms with Crippen LogP contribution in [0.3, 0.4) is 0 Å². The Morgan fingerprint density at radius 2 is 2.17 bits per heavy atom. The molecule has 0 atom stereocenters. The Balaban J connectivity index is 0. The number of hydrogen-bond donors (Lipinski definition) is 1. The Morgan fingerprint density at radius 1 is 1.67 bits per heavy atom. The molecule has 1 N–H and O–H groups in total. The first-order valence-corrected chi connectivity index (χ1v) is 1.90. The van der Waals surface area contributed by atoms with E-state index in [2.05, 4.69) is 6.92 Å². The minimum atomic E-state index is 0. The standard InChI is InChI=1S/C4H9N.Na.H/c1-2-3-4-5;;/h4-5H,2-3H2,1H3;;. The molecule has 1 nitrogen and oxygen atoms in total. The van der Waals surface area contributed by atoms with E-state index in [1.807, 2.05) is 0 Å². The monoisotopic (exact) mass is 95.1 g/mol. The van der Waals surface area contributed by atoms with E-state index in [1.165, 1.54) is 6.21 Å². The van der Waals surface area contributed by atoms with Gasteiger partial charge >= 0.3 is 29.6 Å². The summed E-state index contributed by atoms with van der Waals surface area (Å²) in [4.78, 5) is 0.